The van der Waals surface area contributed by atoms with Crippen LogP contribution in [0.5, 0.6) is 0 Å². The maximum Gasteiger partial charge on any atom is 0.320 e. The predicted octanol–water partition coefficient (Wildman–Crippen LogP) is -1.36. The molecule has 0 aromatic rings. The number of hydrogen-bond acceptors (Lipinski definition) is 4. The van der Waals surface area contributed by atoms with Crippen molar-refractivity contribution in [2.75, 3.05) is 13.1 Å². The van der Waals surface area contributed by atoms with Crippen molar-refractivity contribution in [1.29, 1.82) is 0 Å². The molecule has 0 fully saturated rings. The molecule has 6 heteroatoms. The summed E-state index contributed by atoms with van der Waals surface area (Å²) in [5.41, 5.74) is 10.3. The molecule has 0 rings (SSSR count). The quantitative estimate of drug-likeness (QED) is 0.381. The van der Waals surface area contributed by atoms with Crippen LogP contribution in [-0.4, -0.2) is 36.1 Å². The molecule has 0 spiro atoms. The Bertz CT molecular complexity index is 196. The smallest absolute Gasteiger partial charge is 0.320 e. The second-order valence-electron chi connectivity index (χ2n) is 2.99. The molecule has 0 heterocycles. The van der Waals surface area contributed by atoms with Gasteiger partial charge in [-0.2, -0.15) is 0 Å². The molecule has 0 saturated carbocycles. The van der Waals surface area contributed by atoms with Gasteiger partial charge in [-0.05, 0) is 19.3 Å². The van der Waals surface area contributed by atoms with Crippen LogP contribution in [0.15, 0.2) is 0 Å². The van der Waals surface area contributed by atoms with Crippen LogP contribution in [-0.2, 0) is 9.59 Å². The van der Waals surface area contributed by atoms with E-state index in [0.717, 1.165) is 0 Å². The summed E-state index contributed by atoms with van der Waals surface area (Å²) >= 11 is 0. The molecule has 0 saturated heterocycles. The average Bonchev–Trinajstić information content (AvgIpc) is 2.16. The van der Waals surface area contributed by atoms with Gasteiger partial charge >= 0.3 is 5.97 Å². The van der Waals surface area contributed by atoms with Crippen LogP contribution in [0.25, 0.3) is 0 Å². The Balaban J connectivity index is 3.30. The summed E-state index contributed by atoms with van der Waals surface area (Å²) in [7, 11) is 0. The first-order valence-electron chi connectivity index (χ1n) is 4.53. The van der Waals surface area contributed by atoms with Gasteiger partial charge < -0.3 is 21.9 Å². The Kier molecular flexibility index (Phi) is 6.69. The van der Waals surface area contributed by atoms with Gasteiger partial charge in [-0.3, -0.25) is 9.59 Å². The Morgan fingerprint density at radius 3 is 2.50 bits per heavy atom. The molecule has 0 radical (unpaired) electrons. The zero-order valence-electron chi connectivity index (χ0n) is 8.03. The predicted molar refractivity (Wildman–Crippen MR) is 51.5 cm³/mol. The Morgan fingerprint density at radius 2 is 2.00 bits per heavy atom. The lowest BCUT2D eigenvalue weighted by atomic mass is 10.1. The number of carboxylic acid groups (broad SMARTS) is 1. The molecule has 14 heavy (non-hydrogen) atoms. The monoisotopic (exact) mass is 203 g/mol. The fourth-order valence-corrected chi connectivity index (χ4v) is 0.913. The number of carboxylic acids is 1. The number of rotatable bonds is 7. The van der Waals surface area contributed by atoms with Crippen LogP contribution in [0.4, 0.5) is 0 Å². The van der Waals surface area contributed by atoms with Crippen molar-refractivity contribution >= 4 is 11.9 Å². The molecule has 0 aliphatic heterocycles. The number of hydrogen-bond donors (Lipinski definition) is 4. The van der Waals surface area contributed by atoms with Crippen molar-refractivity contribution < 1.29 is 14.7 Å². The van der Waals surface area contributed by atoms with Crippen LogP contribution in [0, 0.1) is 0 Å². The van der Waals surface area contributed by atoms with Crippen LogP contribution < -0.4 is 16.8 Å². The van der Waals surface area contributed by atoms with Gasteiger partial charge in [0.2, 0.25) is 5.91 Å². The average molecular weight is 203 g/mol. The number of unbranched alkanes of at least 4 members (excludes halogenated alkanes) is 1. The van der Waals surface area contributed by atoms with Crippen molar-refractivity contribution in [2.24, 2.45) is 11.5 Å². The fourth-order valence-electron chi connectivity index (χ4n) is 0.913. The first-order chi connectivity index (χ1) is 6.57. The highest BCUT2D eigenvalue weighted by Gasteiger charge is 2.09. The van der Waals surface area contributed by atoms with Crippen molar-refractivity contribution in [3.63, 3.8) is 0 Å². The van der Waals surface area contributed by atoms with E-state index < -0.39 is 12.0 Å². The van der Waals surface area contributed by atoms with Gasteiger partial charge in [0.25, 0.3) is 0 Å². The Hall–Kier alpha value is -1.14. The lowest BCUT2D eigenvalue weighted by molar-refractivity contribution is -0.138. The topological polar surface area (TPSA) is 118 Å². The molecule has 0 aliphatic rings. The highest BCUT2D eigenvalue weighted by molar-refractivity contribution is 5.77. The van der Waals surface area contributed by atoms with Crippen molar-refractivity contribution in [3.05, 3.63) is 0 Å². The minimum absolute atomic E-state index is 0.0192. The first-order valence-corrected chi connectivity index (χ1v) is 4.53. The van der Waals surface area contributed by atoms with E-state index in [1.165, 1.54) is 0 Å². The summed E-state index contributed by atoms with van der Waals surface area (Å²) in [5, 5.41) is 11.0. The van der Waals surface area contributed by atoms with Crippen LogP contribution >= 0.6 is 0 Å². The minimum atomic E-state index is -0.990. The fraction of sp³-hybridized carbons (Fsp3) is 0.750. The summed E-state index contributed by atoms with van der Waals surface area (Å²) in [4.78, 5) is 21.0. The molecule has 1 atom stereocenters. The molecule has 0 aromatic heterocycles. The largest absolute Gasteiger partial charge is 0.480 e. The van der Waals surface area contributed by atoms with E-state index >= 15 is 0 Å². The van der Waals surface area contributed by atoms with E-state index in [2.05, 4.69) is 5.32 Å². The summed E-state index contributed by atoms with van der Waals surface area (Å²) in [6.07, 6.45) is 1.82. The summed E-state index contributed by atoms with van der Waals surface area (Å²) in [6, 6.07) is -0.805. The van der Waals surface area contributed by atoms with Crippen LogP contribution in [0.2, 0.25) is 0 Å². The molecular weight excluding hydrogens is 186 g/mol. The third-order valence-corrected chi connectivity index (χ3v) is 1.77. The van der Waals surface area contributed by atoms with Crippen molar-refractivity contribution in [2.45, 2.75) is 25.3 Å². The molecule has 0 bridgehead atoms. The number of carbonyl (C=O) groups excluding carboxylic acids is 1. The van der Waals surface area contributed by atoms with Crippen LogP contribution in [0.3, 0.4) is 0 Å². The van der Waals surface area contributed by atoms with E-state index in [0.29, 0.717) is 25.8 Å². The van der Waals surface area contributed by atoms with E-state index in [-0.39, 0.29) is 12.5 Å². The van der Waals surface area contributed by atoms with Crippen molar-refractivity contribution in [3.8, 4) is 0 Å². The standard InChI is InChI=1S/C8H17N3O3/c9-5-7(12)11-4-2-1-3-6(10)8(13)14/h6H,1-5,9-10H2,(H,11,12)(H,13,14). The molecular formula is C8H17N3O3. The zero-order chi connectivity index (χ0) is 11.0. The molecule has 6 nitrogen and oxygen atoms in total. The SMILES string of the molecule is NCC(=O)NCCCCC(N)C(=O)O. The number of amides is 1. The first kappa shape index (κ1) is 12.9. The maximum absolute atomic E-state index is 10.7. The molecule has 0 aliphatic carbocycles. The van der Waals surface area contributed by atoms with Gasteiger partial charge in [0.1, 0.15) is 6.04 Å². The molecule has 82 valence electrons. The van der Waals surface area contributed by atoms with E-state index in [1.54, 1.807) is 0 Å². The highest BCUT2D eigenvalue weighted by Crippen LogP contribution is 1.97. The summed E-state index contributed by atoms with van der Waals surface area (Å²) in [6.45, 7) is 0.497. The second-order valence-corrected chi connectivity index (χ2v) is 2.99. The maximum atomic E-state index is 10.7. The Morgan fingerprint density at radius 1 is 1.36 bits per heavy atom. The molecule has 1 amide bonds. The number of nitrogens with two attached hydrogens (primary N) is 2. The lowest BCUT2D eigenvalue weighted by Crippen LogP contribution is -2.32. The number of aliphatic carboxylic acids is 1. The van der Waals surface area contributed by atoms with Crippen LogP contribution in [0.1, 0.15) is 19.3 Å². The van der Waals surface area contributed by atoms with Gasteiger partial charge in [0, 0.05) is 6.54 Å². The van der Waals surface area contributed by atoms with E-state index in [9.17, 15) is 9.59 Å². The van der Waals surface area contributed by atoms with Gasteiger partial charge in [-0.1, -0.05) is 0 Å². The normalized spacial score (nSPS) is 12.1. The van der Waals surface area contributed by atoms with Gasteiger partial charge in [-0.15, -0.1) is 0 Å². The highest BCUT2D eigenvalue weighted by atomic mass is 16.4. The summed E-state index contributed by atoms with van der Waals surface area (Å²) in [5.74, 6) is -1.19. The molecule has 1 unspecified atom stereocenters. The molecule has 0 aromatic carbocycles. The minimum Gasteiger partial charge on any atom is -0.480 e. The van der Waals surface area contributed by atoms with Gasteiger partial charge in [0.05, 0.1) is 6.54 Å². The Labute approximate surface area is 82.6 Å². The zero-order valence-corrected chi connectivity index (χ0v) is 8.03. The van der Waals surface area contributed by atoms with Crippen molar-refractivity contribution in [1.82, 2.24) is 5.32 Å². The third kappa shape index (κ3) is 6.38. The summed E-state index contributed by atoms with van der Waals surface area (Å²) < 4.78 is 0. The van der Waals surface area contributed by atoms with Gasteiger partial charge in [0.15, 0.2) is 0 Å². The number of nitrogens with one attached hydrogen (secondary N) is 1. The molecule has 6 N–H and O–H groups in total. The lowest BCUT2D eigenvalue weighted by Gasteiger charge is -2.06. The van der Waals surface area contributed by atoms with E-state index in [1.807, 2.05) is 0 Å². The second kappa shape index (κ2) is 7.28. The number of carbonyl (C=O) groups is 2. The third-order valence-electron chi connectivity index (χ3n) is 1.77. The van der Waals surface area contributed by atoms with Gasteiger partial charge in [-0.25, -0.2) is 0 Å². The van der Waals surface area contributed by atoms with E-state index in [4.69, 9.17) is 16.6 Å².